The molecule has 6 heteroatoms. The zero-order valence-corrected chi connectivity index (χ0v) is 11.4. The second-order valence-electron chi connectivity index (χ2n) is 3.85. The van der Waals surface area contributed by atoms with Crippen molar-refractivity contribution in [2.45, 2.75) is 6.92 Å². The first-order chi connectivity index (χ1) is 8.97. The molecule has 0 saturated carbocycles. The molecule has 1 amide bonds. The third-order valence-electron chi connectivity index (χ3n) is 2.48. The van der Waals surface area contributed by atoms with Crippen molar-refractivity contribution < 1.29 is 9.18 Å². The molecule has 2 aromatic rings. The molecular formula is C13H9Cl2FN2O. The van der Waals surface area contributed by atoms with E-state index in [1.807, 2.05) is 0 Å². The molecule has 0 aliphatic carbocycles. The Hall–Kier alpha value is -1.65. The molecule has 1 heterocycles. The third-order valence-corrected chi connectivity index (χ3v) is 3.00. The summed E-state index contributed by atoms with van der Waals surface area (Å²) in [4.78, 5) is 15.9. The van der Waals surface area contributed by atoms with Crippen LogP contribution in [0.5, 0.6) is 0 Å². The number of rotatable bonds is 2. The van der Waals surface area contributed by atoms with E-state index in [1.54, 1.807) is 19.1 Å². The Morgan fingerprint density at radius 3 is 2.63 bits per heavy atom. The van der Waals surface area contributed by atoms with Crippen LogP contribution in [0.15, 0.2) is 30.3 Å². The predicted molar refractivity (Wildman–Crippen MR) is 73.3 cm³/mol. The molecule has 1 N–H and O–H groups in total. The third kappa shape index (κ3) is 3.22. The van der Waals surface area contributed by atoms with Crippen LogP contribution >= 0.6 is 23.2 Å². The zero-order valence-electron chi connectivity index (χ0n) is 9.88. The zero-order chi connectivity index (χ0) is 14.0. The minimum absolute atomic E-state index is 0.0270. The standard InChI is InChI=1S/C13H9Cl2FN2O/c1-7-11(4-5-12(15)17-7)18-13(19)8-2-3-9(14)10(16)6-8/h2-6H,1H3,(H,18,19). The SMILES string of the molecule is Cc1nc(Cl)ccc1NC(=O)c1ccc(Cl)c(F)c1. The van der Waals surface area contributed by atoms with Crippen molar-refractivity contribution in [2.24, 2.45) is 0 Å². The first-order valence-corrected chi connectivity index (χ1v) is 6.12. The van der Waals surface area contributed by atoms with Crippen molar-refractivity contribution in [2.75, 3.05) is 5.32 Å². The van der Waals surface area contributed by atoms with Crippen LogP contribution in [0.2, 0.25) is 10.2 Å². The predicted octanol–water partition coefficient (Wildman–Crippen LogP) is 4.09. The number of pyridine rings is 1. The summed E-state index contributed by atoms with van der Waals surface area (Å²) in [7, 11) is 0. The molecule has 0 unspecified atom stereocenters. The lowest BCUT2D eigenvalue weighted by Crippen LogP contribution is -2.13. The van der Waals surface area contributed by atoms with Crippen molar-refractivity contribution in [1.82, 2.24) is 4.98 Å². The molecule has 0 aliphatic heterocycles. The molecule has 2 rings (SSSR count). The minimum atomic E-state index is -0.639. The average molecular weight is 299 g/mol. The molecule has 0 radical (unpaired) electrons. The summed E-state index contributed by atoms with van der Waals surface area (Å²) in [5.74, 6) is -1.08. The lowest BCUT2D eigenvalue weighted by Gasteiger charge is -2.08. The number of hydrogen-bond acceptors (Lipinski definition) is 2. The van der Waals surface area contributed by atoms with Crippen molar-refractivity contribution in [1.29, 1.82) is 0 Å². The van der Waals surface area contributed by atoms with Gasteiger partial charge in [-0.15, -0.1) is 0 Å². The Morgan fingerprint density at radius 2 is 2.00 bits per heavy atom. The van der Waals surface area contributed by atoms with Gasteiger partial charge < -0.3 is 5.32 Å². The Kier molecular flexibility index (Phi) is 4.02. The maximum atomic E-state index is 13.3. The van der Waals surface area contributed by atoms with Crippen LogP contribution in [0.25, 0.3) is 0 Å². The van der Waals surface area contributed by atoms with Gasteiger partial charge in [0, 0.05) is 5.56 Å². The first-order valence-electron chi connectivity index (χ1n) is 5.37. The van der Waals surface area contributed by atoms with E-state index in [0.717, 1.165) is 6.07 Å². The van der Waals surface area contributed by atoms with Crippen LogP contribution in [-0.4, -0.2) is 10.9 Å². The molecule has 3 nitrogen and oxygen atoms in total. The summed E-state index contributed by atoms with van der Waals surface area (Å²) >= 11 is 11.3. The van der Waals surface area contributed by atoms with Crippen LogP contribution in [0.1, 0.15) is 16.1 Å². The fourth-order valence-corrected chi connectivity index (χ4v) is 1.80. The molecular weight excluding hydrogens is 290 g/mol. The van der Waals surface area contributed by atoms with Crippen molar-refractivity contribution in [3.8, 4) is 0 Å². The van der Waals surface area contributed by atoms with Crippen LogP contribution in [-0.2, 0) is 0 Å². The van der Waals surface area contributed by atoms with Gasteiger partial charge in [-0.3, -0.25) is 4.79 Å². The molecule has 0 aliphatic rings. The van der Waals surface area contributed by atoms with Gasteiger partial charge in [-0.05, 0) is 37.3 Å². The number of nitrogens with one attached hydrogen (secondary N) is 1. The van der Waals surface area contributed by atoms with E-state index in [0.29, 0.717) is 16.5 Å². The quantitative estimate of drug-likeness (QED) is 0.849. The number of carbonyl (C=O) groups is 1. The maximum Gasteiger partial charge on any atom is 0.255 e. The topological polar surface area (TPSA) is 42.0 Å². The normalized spacial score (nSPS) is 10.3. The van der Waals surface area contributed by atoms with E-state index in [2.05, 4.69) is 10.3 Å². The van der Waals surface area contributed by atoms with E-state index in [1.165, 1.54) is 12.1 Å². The van der Waals surface area contributed by atoms with Gasteiger partial charge in [-0.2, -0.15) is 0 Å². The highest BCUT2D eigenvalue weighted by Gasteiger charge is 2.11. The highest BCUT2D eigenvalue weighted by Crippen LogP contribution is 2.19. The smallest absolute Gasteiger partial charge is 0.255 e. The van der Waals surface area contributed by atoms with Crippen LogP contribution in [0.3, 0.4) is 0 Å². The second-order valence-corrected chi connectivity index (χ2v) is 4.64. The van der Waals surface area contributed by atoms with Gasteiger partial charge >= 0.3 is 0 Å². The summed E-state index contributed by atoms with van der Waals surface area (Å²) < 4.78 is 13.3. The summed E-state index contributed by atoms with van der Waals surface area (Å²) in [5, 5.41) is 2.94. The van der Waals surface area contributed by atoms with Gasteiger partial charge in [0.1, 0.15) is 11.0 Å². The number of hydrogen-bond donors (Lipinski definition) is 1. The monoisotopic (exact) mass is 298 g/mol. The molecule has 1 aromatic heterocycles. The molecule has 19 heavy (non-hydrogen) atoms. The van der Waals surface area contributed by atoms with E-state index >= 15 is 0 Å². The van der Waals surface area contributed by atoms with Gasteiger partial charge in [-0.25, -0.2) is 9.37 Å². The molecule has 0 fully saturated rings. The van der Waals surface area contributed by atoms with Gasteiger partial charge in [0.05, 0.1) is 16.4 Å². The number of halogens is 3. The molecule has 1 aromatic carbocycles. The van der Waals surface area contributed by atoms with Crippen molar-refractivity contribution in [3.05, 3.63) is 57.6 Å². The molecule has 0 bridgehead atoms. The number of anilines is 1. The largest absolute Gasteiger partial charge is 0.320 e. The second kappa shape index (κ2) is 5.55. The summed E-state index contributed by atoms with van der Waals surface area (Å²) in [6, 6.07) is 7.05. The number of amides is 1. The number of carbonyl (C=O) groups excluding carboxylic acids is 1. The highest BCUT2D eigenvalue weighted by molar-refractivity contribution is 6.31. The molecule has 98 valence electrons. The Bertz CT molecular complexity index is 647. The molecule has 0 atom stereocenters. The number of aryl methyl sites for hydroxylation is 1. The van der Waals surface area contributed by atoms with Gasteiger partial charge in [-0.1, -0.05) is 23.2 Å². The molecule has 0 saturated heterocycles. The number of nitrogens with zero attached hydrogens (tertiary/aromatic N) is 1. The number of benzene rings is 1. The van der Waals surface area contributed by atoms with Crippen molar-refractivity contribution in [3.63, 3.8) is 0 Å². The van der Waals surface area contributed by atoms with E-state index < -0.39 is 11.7 Å². The maximum absolute atomic E-state index is 13.3. The summed E-state index contributed by atoms with van der Waals surface area (Å²) in [6.07, 6.45) is 0. The Labute approximate surface area is 119 Å². The summed E-state index contributed by atoms with van der Waals surface area (Å²) in [6.45, 7) is 1.71. The van der Waals surface area contributed by atoms with Crippen LogP contribution in [0, 0.1) is 12.7 Å². The Balaban J connectivity index is 2.23. The van der Waals surface area contributed by atoms with E-state index in [4.69, 9.17) is 23.2 Å². The Morgan fingerprint density at radius 1 is 1.26 bits per heavy atom. The minimum Gasteiger partial charge on any atom is -0.320 e. The average Bonchev–Trinajstić information content (AvgIpc) is 2.36. The highest BCUT2D eigenvalue weighted by atomic mass is 35.5. The van der Waals surface area contributed by atoms with Crippen LogP contribution in [0.4, 0.5) is 10.1 Å². The summed E-state index contributed by atoms with van der Waals surface area (Å²) in [5.41, 5.74) is 1.27. The van der Waals surface area contributed by atoms with Gasteiger partial charge in [0.2, 0.25) is 0 Å². The molecule has 0 spiro atoms. The van der Waals surface area contributed by atoms with E-state index in [-0.39, 0.29) is 10.6 Å². The fraction of sp³-hybridized carbons (Fsp3) is 0.0769. The van der Waals surface area contributed by atoms with Crippen molar-refractivity contribution >= 4 is 34.8 Å². The first kappa shape index (κ1) is 13.8. The van der Waals surface area contributed by atoms with Gasteiger partial charge in [0.25, 0.3) is 5.91 Å². The van der Waals surface area contributed by atoms with Gasteiger partial charge in [0.15, 0.2) is 0 Å². The lowest BCUT2D eigenvalue weighted by molar-refractivity contribution is 0.102. The fourth-order valence-electron chi connectivity index (χ4n) is 1.49. The lowest BCUT2D eigenvalue weighted by atomic mass is 10.2. The van der Waals surface area contributed by atoms with Crippen LogP contribution < -0.4 is 5.32 Å². The number of aromatic nitrogens is 1. The van der Waals surface area contributed by atoms with E-state index in [9.17, 15) is 9.18 Å².